The summed E-state index contributed by atoms with van der Waals surface area (Å²) in [6.07, 6.45) is 3.61. The molecule has 0 bridgehead atoms. The van der Waals surface area contributed by atoms with Crippen molar-refractivity contribution >= 4 is 5.91 Å². The largest absolute Gasteiger partial charge is 0.339 e. The van der Waals surface area contributed by atoms with E-state index in [1.807, 2.05) is 46.0 Å². The number of nitrogens with zero attached hydrogens (tertiary/aromatic N) is 3. The van der Waals surface area contributed by atoms with E-state index in [1.165, 1.54) is 0 Å². The zero-order chi connectivity index (χ0) is 13.8. The molecular weight excluding hydrogens is 252 g/mol. The molecular formula is C15H18N4O. The lowest BCUT2D eigenvalue weighted by Gasteiger charge is -2.27. The molecule has 1 aliphatic rings. The molecule has 1 amide bonds. The van der Waals surface area contributed by atoms with Crippen LogP contribution in [0.15, 0.2) is 42.7 Å². The number of carbonyl (C=O) groups is 1. The van der Waals surface area contributed by atoms with Gasteiger partial charge in [0.1, 0.15) is 12.4 Å². The molecule has 2 heterocycles. The second-order valence-electron chi connectivity index (χ2n) is 4.88. The number of imidazole rings is 1. The highest BCUT2D eigenvalue weighted by Gasteiger charge is 2.17. The van der Waals surface area contributed by atoms with Gasteiger partial charge in [-0.05, 0) is 0 Å². The summed E-state index contributed by atoms with van der Waals surface area (Å²) in [6, 6.07) is 9.95. The number of aromatic nitrogens is 2. The number of hydrogen-bond donors (Lipinski definition) is 1. The highest BCUT2D eigenvalue weighted by molar-refractivity contribution is 5.77. The third-order valence-electron chi connectivity index (χ3n) is 3.52. The zero-order valence-electron chi connectivity index (χ0n) is 11.3. The second kappa shape index (κ2) is 5.88. The van der Waals surface area contributed by atoms with Crippen molar-refractivity contribution in [3.63, 3.8) is 0 Å². The minimum atomic E-state index is 0.154. The summed E-state index contributed by atoms with van der Waals surface area (Å²) >= 11 is 0. The van der Waals surface area contributed by atoms with Gasteiger partial charge >= 0.3 is 0 Å². The molecule has 0 radical (unpaired) electrons. The minimum absolute atomic E-state index is 0.154. The highest BCUT2D eigenvalue weighted by atomic mass is 16.2. The van der Waals surface area contributed by atoms with Gasteiger partial charge in [-0.15, -0.1) is 0 Å². The van der Waals surface area contributed by atoms with Crippen LogP contribution in [-0.4, -0.2) is 46.5 Å². The third kappa shape index (κ3) is 2.72. The molecule has 5 nitrogen and oxygen atoms in total. The van der Waals surface area contributed by atoms with E-state index in [1.54, 1.807) is 6.20 Å². The molecule has 1 aromatic heterocycles. The van der Waals surface area contributed by atoms with E-state index in [0.717, 1.165) is 37.6 Å². The van der Waals surface area contributed by atoms with Gasteiger partial charge in [-0.3, -0.25) is 4.79 Å². The van der Waals surface area contributed by atoms with Gasteiger partial charge in [0.05, 0.1) is 0 Å². The SMILES string of the molecule is O=C(Cn1ccnc1-c1ccccc1)N1CCNCC1. The summed E-state index contributed by atoms with van der Waals surface area (Å²) in [6.45, 7) is 3.68. The highest BCUT2D eigenvalue weighted by Crippen LogP contribution is 2.16. The molecule has 1 aliphatic heterocycles. The fourth-order valence-corrected chi connectivity index (χ4v) is 2.44. The van der Waals surface area contributed by atoms with Crippen LogP contribution >= 0.6 is 0 Å². The molecule has 20 heavy (non-hydrogen) atoms. The average molecular weight is 270 g/mol. The Bertz CT molecular complexity index is 573. The molecule has 0 atom stereocenters. The molecule has 104 valence electrons. The van der Waals surface area contributed by atoms with Gasteiger partial charge in [0.25, 0.3) is 0 Å². The van der Waals surface area contributed by atoms with Crippen molar-refractivity contribution in [2.75, 3.05) is 26.2 Å². The van der Waals surface area contributed by atoms with Gasteiger partial charge in [-0.2, -0.15) is 0 Å². The topological polar surface area (TPSA) is 50.2 Å². The van der Waals surface area contributed by atoms with Crippen LogP contribution in [-0.2, 0) is 11.3 Å². The Morgan fingerprint density at radius 2 is 1.95 bits per heavy atom. The van der Waals surface area contributed by atoms with Gasteiger partial charge in [0.2, 0.25) is 5.91 Å². The summed E-state index contributed by atoms with van der Waals surface area (Å²) in [4.78, 5) is 18.6. The third-order valence-corrected chi connectivity index (χ3v) is 3.52. The Labute approximate surface area is 118 Å². The second-order valence-corrected chi connectivity index (χ2v) is 4.88. The first-order valence-corrected chi connectivity index (χ1v) is 6.89. The normalized spacial score (nSPS) is 15.3. The summed E-state index contributed by atoms with van der Waals surface area (Å²) in [5, 5.41) is 3.25. The number of amides is 1. The van der Waals surface area contributed by atoms with E-state index in [9.17, 15) is 4.79 Å². The van der Waals surface area contributed by atoms with Crippen molar-refractivity contribution < 1.29 is 4.79 Å². The van der Waals surface area contributed by atoms with Gasteiger partial charge in [0, 0.05) is 44.1 Å². The Morgan fingerprint density at radius 1 is 1.20 bits per heavy atom. The first kappa shape index (κ1) is 12.9. The first-order valence-electron chi connectivity index (χ1n) is 6.89. The molecule has 0 unspecified atom stereocenters. The lowest BCUT2D eigenvalue weighted by molar-refractivity contribution is -0.132. The molecule has 1 fully saturated rings. The predicted octanol–water partition coefficient (Wildman–Crippen LogP) is 0.982. The molecule has 3 rings (SSSR count). The number of carbonyl (C=O) groups excluding carboxylic acids is 1. The predicted molar refractivity (Wildman–Crippen MR) is 77.1 cm³/mol. The van der Waals surface area contributed by atoms with Crippen LogP contribution in [0.2, 0.25) is 0 Å². The number of rotatable bonds is 3. The van der Waals surface area contributed by atoms with Crippen LogP contribution in [0.3, 0.4) is 0 Å². The molecule has 0 saturated carbocycles. The Hall–Kier alpha value is -2.14. The summed E-state index contributed by atoms with van der Waals surface area (Å²) < 4.78 is 1.92. The standard InChI is InChI=1S/C15H18N4O/c20-14(18-9-6-16-7-10-18)12-19-11-8-17-15(19)13-4-2-1-3-5-13/h1-5,8,11,16H,6-7,9-10,12H2. The van der Waals surface area contributed by atoms with Crippen LogP contribution in [0.5, 0.6) is 0 Å². The van der Waals surface area contributed by atoms with Crippen molar-refractivity contribution in [2.24, 2.45) is 0 Å². The smallest absolute Gasteiger partial charge is 0.242 e. The van der Waals surface area contributed by atoms with E-state index in [-0.39, 0.29) is 5.91 Å². The molecule has 1 N–H and O–H groups in total. The lowest BCUT2D eigenvalue weighted by atomic mass is 10.2. The minimum Gasteiger partial charge on any atom is -0.339 e. The van der Waals surface area contributed by atoms with Gasteiger partial charge < -0.3 is 14.8 Å². The average Bonchev–Trinajstić information content (AvgIpc) is 2.97. The number of hydrogen-bond acceptors (Lipinski definition) is 3. The Morgan fingerprint density at radius 3 is 2.70 bits per heavy atom. The van der Waals surface area contributed by atoms with Crippen molar-refractivity contribution in [1.29, 1.82) is 0 Å². The summed E-state index contributed by atoms with van der Waals surface area (Å²) in [5.41, 5.74) is 1.03. The van der Waals surface area contributed by atoms with Crippen molar-refractivity contribution in [1.82, 2.24) is 19.8 Å². The maximum Gasteiger partial charge on any atom is 0.242 e. The van der Waals surface area contributed by atoms with Gasteiger partial charge in [-0.1, -0.05) is 30.3 Å². The van der Waals surface area contributed by atoms with Crippen molar-refractivity contribution in [3.8, 4) is 11.4 Å². The van der Waals surface area contributed by atoms with E-state index >= 15 is 0 Å². The van der Waals surface area contributed by atoms with Gasteiger partial charge in [0.15, 0.2) is 0 Å². The molecule has 1 aromatic carbocycles. The lowest BCUT2D eigenvalue weighted by Crippen LogP contribution is -2.47. The Kier molecular flexibility index (Phi) is 3.78. The van der Waals surface area contributed by atoms with Crippen LogP contribution in [0.25, 0.3) is 11.4 Å². The molecule has 2 aromatic rings. The summed E-state index contributed by atoms with van der Waals surface area (Å²) in [7, 11) is 0. The molecule has 0 aliphatic carbocycles. The first-order chi connectivity index (χ1) is 9.84. The molecule has 0 spiro atoms. The van der Waals surface area contributed by atoms with Crippen molar-refractivity contribution in [3.05, 3.63) is 42.7 Å². The van der Waals surface area contributed by atoms with Crippen molar-refractivity contribution in [2.45, 2.75) is 6.54 Å². The van der Waals surface area contributed by atoms with Crippen LogP contribution in [0.4, 0.5) is 0 Å². The quantitative estimate of drug-likeness (QED) is 0.904. The van der Waals surface area contributed by atoms with Crippen LogP contribution in [0, 0.1) is 0 Å². The van der Waals surface area contributed by atoms with E-state index in [4.69, 9.17) is 0 Å². The van der Waals surface area contributed by atoms with E-state index in [2.05, 4.69) is 10.3 Å². The number of piperazine rings is 1. The van der Waals surface area contributed by atoms with E-state index < -0.39 is 0 Å². The number of benzene rings is 1. The van der Waals surface area contributed by atoms with Crippen LogP contribution < -0.4 is 5.32 Å². The fourth-order valence-electron chi connectivity index (χ4n) is 2.44. The maximum atomic E-state index is 12.3. The zero-order valence-corrected chi connectivity index (χ0v) is 11.3. The van der Waals surface area contributed by atoms with E-state index in [0.29, 0.717) is 6.54 Å². The monoisotopic (exact) mass is 270 g/mol. The maximum absolute atomic E-state index is 12.3. The van der Waals surface area contributed by atoms with Crippen LogP contribution in [0.1, 0.15) is 0 Å². The molecule has 1 saturated heterocycles. The fraction of sp³-hybridized carbons (Fsp3) is 0.333. The van der Waals surface area contributed by atoms with Gasteiger partial charge in [-0.25, -0.2) is 4.98 Å². The Balaban J connectivity index is 1.75. The number of nitrogens with one attached hydrogen (secondary N) is 1. The molecule has 5 heteroatoms. The summed E-state index contributed by atoms with van der Waals surface area (Å²) in [5.74, 6) is 0.996.